The molecule has 0 aromatic heterocycles. The van der Waals surface area contributed by atoms with Crippen molar-refractivity contribution < 1.29 is 14.0 Å². The Morgan fingerprint density at radius 1 is 0.923 bits per heavy atom. The van der Waals surface area contributed by atoms with Gasteiger partial charge in [-0.25, -0.2) is 9.18 Å². The van der Waals surface area contributed by atoms with Gasteiger partial charge in [0, 0.05) is 43.3 Å². The van der Waals surface area contributed by atoms with E-state index in [2.05, 4.69) is 5.32 Å². The van der Waals surface area contributed by atoms with Gasteiger partial charge in [0.1, 0.15) is 5.82 Å². The Labute approximate surface area is 156 Å². The predicted octanol–water partition coefficient (Wildman–Crippen LogP) is 3.15. The van der Waals surface area contributed by atoms with Crippen LogP contribution in [0, 0.1) is 5.82 Å². The zero-order valence-electron chi connectivity index (χ0n) is 14.1. The number of benzene rings is 2. The molecule has 0 bridgehead atoms. The number of rotatable bonds is 3. The number of urea groups is 1. The van der Waals surface area contributed by atoms with E-state index in [1.807, 2.05) is 0 Å². The van der Waals surface area contributed by atoms with E-state index in [9.17, 15) is 14.0 Å². The maximum atomic E-state index is 12.9. The number of halogens is 2. The minimum atomic E-state index is -0.304. The number of carbonyl (C=O) groups excluding carboxylic acids is 2. The summed E-state index contributed by atoms with van der Waals surface area (Å²) < 4.78 is 12.9. The van der Waals surface area contributed by atoms with Crippen LogP contribution in [0.5, 0.6) is 0 Å². The van der Waals surface area contributed by atoms with Gasteiger partial charge in [0.15, 0.2) is 0 Å². The maximum absolute atomic E-state index is 12.9. The fourth-order valence-corrected chi connectivity index (χ4v) is 2.91. The summed E-state index contributed by atoms with van der Waals surface area (Å²) in [7, 11) is 0. The molecule has 2 aromatic carbocycles. The monoisotopic (exact) mass is 375 g/mol. The number of piperazine rings is 1. The summed E-state index contributed by atoms with van der Waals surface area (Å²) in [5.74, 6) is -0.366. The lowest BCUT2D eigenvalue weighted by atomic mass is 10.2. The van der Waals surface area contributed by atoms with E-state index in [1.54, 1.807) is 46.2 Å². The second-order valence-electron chi connectivity index (χ2n) is 6.07. The van der Waals surface area contributed by atoms with E-state index >= 15 is 0 Å². The molecule has 0 saturated carbocycles. The van der Waals surface area contributed by atoms with Crippen molar-refractivity contribution in [1.29, 1.82) is 0 Å². The smallest absolute Gasteiger partial charge is 0.317 e. The third-order valence-corrected chi connectivity index (χ3v) is 4.55. The molecule has 136 valence electrons. The van der Waals surface area contributed by atoms with Crippen molar-refractivity contribution in [3.8, 4) is 0 Å². The van der Waals surface area contributed by atoms with Crippen LogP contribution in [0.25, 0.3) is 0 Å². The van der Waals surface area contributed by atoms with Crippen molar-refractivity contribution in [2.75, 3.05) is 26.2 Å². The highest BCUT2D eigenvalue weighted by Crippen LogP contribution is 2.13. The largest absolute Gasteiger partial charge is 0.335 e. The SMILES string of the molecule is O=C(NCc1ccc(F)cc1)N1CCN(C(=O)c2ccc(Cl)cc2)CC1. The van der Waals surface area contributed by atoms with Crippen LogP contribution >= 0.6 is 11.6 Å². The molecule has 0 aliphatic carbocycles. The quantitative estimate of drug-likeness (QED) is 0.896. The highest BCUT2D eigenvalue weighted by molar-refractivity contribution is 6.30. The molecule has 1 saturated heterocycles. The van der Waals surface area contributed by atoms with Gasteiger partial charge in [0.2, 0.25) is 0 Å². The summed E-state index contributed by atoms with van der Waals surface area (Å²) in [5.41, 5.74) is 1.42. The molecule has 2 aromatic rings. The van der Waals surface area contributed by atoms with Crippen molar-refractivity contribution in [2.45, 2.75) is 6.54 Å². The van der Waals surface area contributed by atoms with Gasteiger partial charge in [-0.15, -0.1) is 0 Å². The third-order valence-electron chi connectivity index (χ3n) is 4.30. The fraction of sp³-hybridized carbons (Fsp3) is 0.263. The molecule has 1 heterocycles. The van der Waals surface area contributed by atoms with Gasteiger partial charge in [-0.2, -0.15) is 0 Å². The topological polar surface area (TPSA) is 52.7 Å². The van der Waals surface area contributed by atoms with Crippen LogP contribution in [-0.2, 0) is 6.54 Å². The number of hydrogen-bond donors (Lipinski definition) is 1. The molecule has 0 spiro atoms. The first-order valence-electron chi connectivity index (χ1n) is 8.35. The van der Waals surface area contributed by atoms with Crippen LogP contribution in [0.3, 0.4) is 0 Å². The summed E-state index contributed by atoms with van der Waals surface area (Å²) in [5, 5.41) is 3.40. The van der Waals surface area contributed by atoms with E-state index in [0.717, 1.165) is 5.56 Å². The number of amides is 3. The molecular weight excluding hydrogens is 357 g/mol. The molecule has 5 nitrogen and oxygen atoms in total. The summed E-state index contributed by atoms with van der Waals surface area (Å²) in [6, 6.07) is 12.6. The fourth-order valence-electron chi connectivity index (χ4n) is 2.78. The molecule has 1 aliphatic rings. The van der Waals surface area contributed by atoms with Crippen LogP contribution in [0.4, 0.5) is 9.18 Å². The predicted molar refractivity (Wildman–Crippen MR) is 97.6 cm³/mol. The molecule has 1 aliphatic heterocycles. The van der Waals surface area contributed by atoms with Gasteiger partial charge in [0.25, 0.3) is 5.91 Å². The summed E-state index contributed by atoms with van der Waals surface area (Å²) >= 11 is 5.84. The van der Waals surface area contributed by atoms with E-state index in [1.165, 1.54) is 12.1 Å². The Kier molecular flexibility index (Phi) is 5.73. The molecule has 7 heteroatoms. The van der Waals surface area contributed by atoms with E-state index in [-0.39, 0.29) is 17.8 Å². The first kappa shape index (κ1) is 18.2. The molecular formula is C19H19ClFN3O2. The Balaban J connectivity index is 1.48. The third kappa shape index (κ3) is 4.52. The molecule has 0 radical (unpaired) electrons. The summed E-state index contributed by atoms with van der Waals surface area (Å²) in [6.45, 7) is 2.23. The molecule has 0 atom stereocenters. The maximum Gasteiger partial charge on any atom is 0.317 e. The van der Waals surface area contributed by atoms with Crippen LogP contribution in [0.15, 0.2) is 48.5 Å². The standard InChI is InChI=1S/C19H19ClFN3O2/c20-16-5-3-15(4-6-16)18(25)23-9-11-24(12-10-23)19(26)22-13-14-1-7-17(21)8-2-14/h1-8H,9-13H2,(H,22,26). The van der Waals surface area contributed by atoms with E-state index in [4.69, 9.17) is 11.6 Å². The lowest BCUT2D eigenvalue weighted by molar-refractivity contribution is 0.0665. The average molecular weight is 376 g/mol. The van der Waals surface area contributed by atoms with Gasteiger partial charge in [-0.3, -0.25) is 4.79 Å². The van der Waals surface area contributed by atoms with Crippen LogP contribution in [0.2, 0.25) is 5.02 Å². The Morgan fingerprint density at radius 3 is 2.12 bits per heavy atom. The number of hydrogen-bond acceptors (Lipinski definition) is 2. The van der Waals surface area contributed by atoms with Crippen LogP contribution in [0.1, 0.15) is 15.9 Å². The molecule has 1 N–H and O–H groups in total. The van der Waals surface area contributed by atoms with Gasteiger partial charge < -0.3 is 15.1 Å². The first-order valence-corrected chi connectivity index (χ1v) is 8.73. The Morgan fingerprint density at radius 2 is 1.50 bits per heavy atom. The summed E-state index contributed by atoms with van der Waals surface area (Å²) in [6.07, 6.45) is 0. The highest BCUT2D eigenvalue weighted by Gasteiger charge is 2.24. The minimum absolute atomic E-state index is 0.0620. The van der Waals surface area contributed by atoms with Gasteiger partial charge in [0.05, 0.1) is 0 Å². The Bertz CT molecular complexity index is 772. The van der Waals surface area contributed by atoms with Crippen LogP contribution < -0.4 is 5.32 Å². The van der Waals surface area contributed by atoms with Crippen LogP contribution in [-0.4, -0.2) is 47.9 Å². The summed E-state index contributed by atoms with van der Waals surface area (Å²) in [4.78, 5) is 28.1. The lowest BCUT2D eigenvalue weighted by Gasteiger charge is -2.34. The second kappa shape index (κ2) is 8.19. The molecule has 3 amide bonds. The molecule has 0 unspecified atom stereocenters. The van der Waals surface area contributed by atoms with Crippen molar-refractivity contribution in [2.24, 2.45) is 0 Å². The molecule has 26 heavy (non-hydrogen) atoms. The molecule has 1 fully saturated rings. The second-order valence-corrected chi connectivity index (χ2v) is 6.51. The zero-order valence-corrected chi connectivity index (χ0v) is 14.9. The van der Waals surface area contributed by atoms with Gasteiger partial charge in [-0.05, 0) is 42.0 Å². The van der Waals surface area contributed by atoms with Gasteiger partial charge in [-0.1, -0.05) is 23.7 Å². The van der Waals surface area contributed by atoms with Crippen molar-refractivity contribution in [3.05, 3.63) is 70.5 Å². The van der Waals surface area contributed by atoms with Crippen molar-refractivity contribution >= 4 is 23.5 Å². The lowest BCUT2D eigenvalue weighted by Crippen LogP contribution is -2.53. The number of carbonyl (C=O) groups is 2. The van der Waals surface area contributed by atoms with Crippen molar-refractivity contribution in [1.82, 2.24) is 15.1 Å². The zero-order chi connectivity index (χ0) is 18.5. The van der Waals surface area contributed by atoms with E-state index in [0.29, 0.717) is 43.3 Å². The minimum Gasteiger partial charge on any atom is -0.335 e. The number of nitrogens with one attached hydrogen (secondary N) is 1. The van der Waals surface area contributed by atoms with E-state index < -0.39 is 0 Å². The average Bonchev–Trinajstić information content (AvgIpc) is 2.67. The number of nitrogens with zero attached hydrogens (tertiary/aromatic N) is 2. The van der Waals surface area contributed by atoms with Gasteiger partial charge >= 0.3 is 6.03 Å². The first-order chi connectivity index (χ1) is 12.5. The Hall–Kier alpha value is -2.60. The molecule has 3 rings (SSSR count). The highest BCUT2D eigenvalue weighted by atomic mass is 35.5. The normalized spacial score (nSPS) is 14.2. The van der Waals surface area contributed by atoms with Crippen molar-refractivity contribution in [3.63, 3.8) is 0 Å².